The number of carbonyl (C=O) groups is 2. The minimum absolute atomic E-state index is 0.0777. The Hall–Kier alpha value is -3.32. The van der Waals surface area contributed by atoms with E-state index in [0.717, 1.165) is 12.0 Å². The van der Waals surface area contributed by atoms with Crippen LogP contribution in [0.25, 0.3) is 11.0 Å². The Bertz CT molecular complexity index is 1190. The lowest BCUT2D eigenvalue weighted by Crippen LogP contribution is -2.29. The van der Waals surface area contributed by atoms with Gasteiger partial charge in [-0.2, -0.15) is 0 Å². The first-order chi connectivity index (χ1) is 14.8. The topological polar surface area (TPSA) is 94.8 Å². The second-order valence-electron chi connectivity index (χ2n) is 6.99. The van der Waals surface area contributed by atoms with Gasteiger partial charge in [-0.1, -0.05) is 18.5 Å². The summed E-state index contributed by atoms with van der Waals surface area (Å²) >= 11 is 5.93. The van der Waals surface area contributed by atoms with E-state index in [1.165, 1.54) is 12.1 Å². The molecule has 0 fully saturated rings. The standard InChI is InChI=1S/C23H22ClNO6/c1-4-9-25-21(26)18-11-15-5-7-17(12-20(15)31-23(18)28)30-22(27)14(3)29-19-8-6-16(24)10-13(19)2/h5-8,10-12,14H,4,9H2,1-3H3,(H,25,26). The van der Waals surface area contributed by atoms with Gasteiger partial charge in [-0.25, -0.2) is 9.59 Å². The Kier molecular flexibility index (Phi) is 6.97. The van der Waals surface area contributed by atoms with Crippen molar-refractivity contribution in [3.05, 3.63) is 69.0 Å². The van der Waals surface area contributed by atoms with E-state index in [9.17, 15) is 14.4 Å². The van der Waals surface area contributed by atoms with Gasteiger partial charge in [-0.15, -0.1) is 0 Å². The number of carbonyl (C=O) groups excluding carboxylic acids is 2. The molecule has 1 aromatic heterocycles. The molecule has 0 aliphatic rings. The van der Waals surface area contributed by atoms with Crippen LogP contribution >= 0.6 is 11.6 Å². The number of hydrogen-bond acceptors (Lipinski definition) is 6. The molecule has 1 heterocycles. The summed E-state index contributed by atoms with van der Waals surface area (Å²) < 4.78 is 16.3. The molecule has 3 rings (SSSR count). The van der Waals surface area contributed by atoms with Crippen molar-refractivity contribution in [2.75, 3.05) is 6.54 Å². The summed E-state index contributed by atoms with van der Waals surface area (Å²) in [5.74, 6) is -0.401. The van der Waals surface area contributed by atoms with Crippen molar-refractivity contribution in [3.63, 3.8) is 0 Å². The van der Waals surface area contributed by atoms with Crippen LogP contribution in [0.3, 0.4) is 0 Å². The van der Waals surface area contributed by atoms with Gasteiger partial charge in [-0.3, -0.25) is 4.79 Å². The zero-order chi connectivity index (χ0) is 22.5. The molecular formula is C23H22ClNO6. The molecule has 0 radical (unpaired) electrons. The quantitative estimate of drug-likeness (QED) is 0.333. The van der Waals surface area contributed by atoms with Crippen LogP contribution in [0.4, 0.5) is 0 Å². The van der Waals surface area contributed by atoms with Crippen molar-refractivity contribution in [3.8, 4) is 11.5 Å². The maximum atomic E-state index is 12.4. The normalized spacial score (nSPS) is 11.7. The lowest BCUT2D eigenvalue weighted by molar-refractivity contribution is -0.141. The van der Waals surface area contributed by atoms with E-state index in [1.54, 1.807) is 37.3 Å². The first-order valence-electron chi connectivity index (χ1n) is 9.79. The van der Waals surface area contributed by atoms with Gasteiger partial charge in [0, 0.05) is 23.0 Å². The molecule has 0 saturated carbocycles. The van der Waals surface area contributed by atoms with Gasteiger partial charge in [0.05, 0.1) is 0 Å². The molecule has 162 valence electrons. The fourth-order valence-corrected chi connectivity index (χ4v) is 3.06. The Labute approximate surface area is 183 Å². The number of esters is 1. The van der Waals surface area contributed by atoms with Crippen LogP contribution in [0, 0.1) is 6.92 Å². The Morgan fingerprint density at radius 1 is 1.16 bits per heavy atom. The molecule has 1 N–H and O–H groups in total. The minimum atomic E-state index is -0.882. The van der Waals surface area contributed by atoms with Crippen LogP contribution in [0.5, 0.6) is 11.5 Å². The van der Waals surface area contributed by atoms with Gasteiger partial charge >= 0.3 is 11.6 Å². The van der Waals surface area contributed by atoms with E-state index in [0.29, 0.717) is 22.7 Å². The van der Waals surface area contributed by atoms with Crippen LogP contribution in [0.15, 0.2) is 51.7 Å². The van der Waals surface area contributed by atoms with Crippen LogP contribution in [-0.2, 0) is 4.79 Å². The van der Waals surface area contributed by atoms with Crippen molar-refractivity contribution in [1.29, 1.82) is 0 Å². The number of benzene rings is 2. The molecule has 0 aliphatic heterocycles. The van der Waals surface area contributed by atoms with Crippen LogP contribution in [-0.4, -0.2) is 24.5 Å². The Morgan fingerprint density at radius 3 is 2.65 bits per heavy atom. The second-order valence-corrected chi connectivity index (χ2v) is 7.43. The first kappa shape index (κ1) is 22.4. The van der Waals surface area contributed by atoms with Crippen molar-refractivity contribution in [2.24, 2.45) is 0 Å². The molecule has 2 aromatic carbocycles. The zero-order valence-corrected chi connectivity index (χ0v) is 18.1. The summed E-state index contributed by atoms with van der Waals surface area (Å²) in [5, 5.41) is 3.74. The number of ether oxygens (including phenoxy) is 2. The number of amides is 1. The molecule has 31 heavy (non-hydrogen) atoms. The van der Waals surface area contributed by atoms with Gasteiger partial charge in [0.25, 0.3) is 5.91 Å². The smallest absolute Gasteiger partial charge is 0.352 e. The average Bonchev–Trinajstić information content (AvgIpc) is 2.73. The van der Waals surface area contributed by atoms with Crippen molar-refractivity contribution < 1.29 is 23.5 Å². The largest absolute Gasteiger partial charge is 0.479 e. The zero-order valence-electron chi connectivity index (χ0n) is 17.4. The minimum Gasteiger partial charge on any atom is -0.479 e. The summed E-state index contributed by atoms with van der Waals surface area (Å²) in [6, 6.07) is 11.1. The third-order valence-electron chi connectivity index (χ3n) is 4.48. The van der Waals surface area contributed by atoms with Crippen LogP contribution in [0.1, 0.15) is 36.2 Å². The fraction of sp³-hybridized carbons (Fsp3) is 0.261. The molecule has 3 aromatic rings. The molecular weight excluding hydrogens is 422 g/mol. The van der Waals surface area contributed by atoms with Crippen LogP contribution in [0.2, 0.25) is 5.02 Å². The first-order valence-corrected chi connectivity index (χ1v) is 10.2. The van der Waals surface area contributed by atoms with E-state index < -0.39 is 23.6 Å². The van der Waals surface area contributed by atoms with Gasteiger partial charge in [0.1, 0.15) is 22.6 Å². The van der Waals surface area contributed by atoms with Gasteiger partial charge in [0.15, 0.2) is 6.10 Å². The average molecular weight is 444 g/mol. The highest BCUT2D eigenvalue weighted by Crippen LogP contribution is 2.24. The highest BCUT2D eigenvalue weighted by Gasteiger charge is 2.19. The van der Waals surface area contributed by atoms with E-state index >= 15 is 0 Å². The number of fused-ring (bicyclic) bond motifs is 1. The molecule has 1 atom stereocenters. The van der Waals surface area contributed by atoms with Gasteiger partial charge in [-0.05, 0) is 62.2 Å². The van der Waals surface area contributed by atoms with E-state index in [2.05, 4.69) is 5.32 Å². The summed E-state index contributed by atoms with van der Waals surface area (Å²) in [4.78, 5) is 36.7. The monoisotopic (exact) mass is 443 g/mol. The predicted molar refractivity (Wildman–Crippen MR) is 117 cm³/mol. The summed E-state index contributed by atoms with van der Waals surface area (Å²) in [6.45, 7) is 5.76. The SMILES string of the molecule is CCCNC(=O)c1cc2ccc(OC(=O)C(C)Oc3ccc(Cl)cc3C)cc2oc1=O. The summed E-state index contributed by atoms with van der Waals surface area (Å²) in [5.41, 5.74) is 0.147. The molecule has 0 saturated heterocycles. The molecule has 1 unspecified atom stereocenters. The highest BCUT2D eigenvalue weighted by atomic mass is 35.5. The van der Waals surface area contributed by atoms with E-state index in [-0.39, 0.29) is 16.9 Å². The van der Waals surface area contributed by atoms with E-state index in [4.69, 9.17) is 25.5 Å². The number of halogens is 1. The number of aryl methyl sites for hydroxylation is 1. The molecule has 8 heteroatoms. The van der Waals surface area contributed by atoms with Gasteiger partial charge < -0.3 is 19.2 Å². The summed E-state index contributed by atoms with van der Waals surface area (Å²) in [6.07, 6.45) is -0.133. The van der Waals surface area contributed by atoms with Crippen LogP contribution < -0.4 is 20.4 Å². The Morgan fingerprint density at radius 2 is 1.94 bits per heavy atom. The number of nitrogens with one attached hydrogen (secondary N) is 1. The molecule has 0 bridgehead atoms. The van der Waals surface area contributed by atoms with Crippen molar-refractivity contribution in [2.45, 2.75) is 33.3 Å². The van der Waals surface area contributed by atoms with E-state index in [1.807, 2.05) is 13.8 Å². The van der Waals surface area contributed by atoms with Crippen molar-refractivity contribution >= 4 is 34.4 Å². The lowest BCUT2D eigenvalue weighted by atomic mass is 10.1. The van der Waals surface area contributed by atoms with Gasteiger partial charge in [0.2, 0.25) is 0 Å². The third-order valence-corrected chi connectivity index (χ3v) is 4.71. The fourth-order valence-electron chi connectivity index (χ4n) is 2.83. The third kappa shape index (κ3) is 5.44. The molecule has 0 aliphatic carbocycles. The second kappa shape index (κ2) is 9.66. The van der Waals surface area contributed by atoms with Crippen molar-refractivity contribution in [1.82, 2.24) is 5.32 Å². The number of hydrogen-bond donors (Lipinski definition) is 1. The number of rotatable bonds is 7. The highest BCUT2D eigenvalue weighted by molar-refractivity contribution is 6.30. The predicted octanol–water partition coefficient (Wildman–Crippen LogP) is 4.27. The lowest BCUT2D eigenvalue weighted by Gasteiger charge is -2.15. The maximum absolute atomic E-state index is 12.4. The maximum Gasteiger partial charge on any atom is 0.352 e. The molecule has 1 amide bonds. The summed E-state index contributed by atoms with van der Waals surface area (Å²) in [7, 11) is 0. The molecule has 0 spiro atoms. The molecule has 7 nitrogen and oxygen atoms in total. The Balaban J connectivity index is 1.74.